The lowest BCUT2D eigenvalue weighted by Gasteiger charge is -2.36. The maximum atomic E-state index is 13.9. The molecule has 1 aliphatic carbocycles. The summed E-state index contributed by atoms with van der Waals surface area (Å²) < 4.78 is 15.6. The minimum absolute atomic E-state index is 0.0181. The van der Waals surface area contributed by atoms with Crippen LogP contribution >= 0.6 is 0 Å². The number of halogens is 1. The van der Waals surface area contributed by atoms with Crippen LogP contribution in [-0.4, -0.2) is 45.3 Å². The van der Waals surface area contributed by atoms with E-state index in [2.05, 4.69) is 29.0 Å². The fraction of sp³-hybridized carbons (Fsp3) is 0.419. The molecule has 6 heteroatoms. The minimum Gasteiger partial charge on any atom is -0.345 e. The molecule has 1 heterocycles. The van der Waals surface area contributed by atoms with Crippen molar-refractivity contribution >= 4 is 11.8 Å². The first-order valence-corrected chi connectivity index (χ1v) is 13.4. The Morgan fingerprint density at radius 3 is 2.32 bits per heavy atom. The number of hydrogen-bond donors (Lipinski definition) is 0. The van der Waals surface area contributed by atoms with Crippen molar-refractivity contribution in [1.82, 2.24) is 14.4 Å². The van der Waals surface area contributed by atoms with Crippen LogP contribution in [0.15, 0.2) is 72.9 Å². The van der Waals surface area contributed by atoms with Crippen LogP contribution < -0.4 is 0 Å². The van der Waals surface area contributed by atoms with E-state index in [4.69, 9.17) is 0 Å². The second-order valence-electron chi connectivity index (χ2n) is 10.5. The molecule has 0 atom stereocenters. The van der Waals surface area contributed by atoms with E-state index in [0.717, 1.165) is 37.9 Å². The molecule has 3 aromatic rings. The lowest BCUT2D eigenvalue weighted by atomic mass is 9.94. The first-order valence-electron chi connectivity index (χ1n) is 13.4. The third-order valence-corrected chi connectivity index (χ3v) is 7.08. The van der Waals surface area contributed by atoms with Gasteiger partial charge in [-0.2, -0.15) is 0 Å². The highest BCUT2D eigenvalue weighted by Crippen LogP contribution is 2.25. The summed E-state index contributed by atoms with van der Waals surface area (Å²) in [4.78, 5) is 30.8. The Morgan fingerprint density at radius 1 is 0.946 bits per heavy atom. The summed E-state index contributed by atoms with van der Waals surface area (Å²) in [6, 6.07) is 20.2. The largest absolute Gasteiger partial charge is 0.345 e. The topological polar surface area (TPSA) is 45.6 Å². The van der Waals surface area contributed by atoms with Gasteiger partial charge in [0, 0.05) is 36.6 Å². The molecule has 1 fully saturated rings. The molecular formula is C31H38FN3O2. The number of carbonyl (C=O) groups is 2. The molecule has 37 heavy (non-hydrogen) atoms. The number of benzene rings is 2. The Hall–Kier alpha value is -3.41. The summed E-state index contributed by atoms with van der Waals surface area (Å²) in [6.45, 7) is 5.81. The maximum Gasteiger partial charge on any atom is 0.254 e. The molecule has 0 radical (unpaired) electrons. The van der Waals surface area contributed by atoms with Crippen LogP contribution in [0.3, 0.4) is 0 Å². The summed E-state index contributed by atoms with van der Waals surface area (Å²) in [5, 5.41) is 0. The molecule has 5 nitrogen and oxygen atoms in total. The van der Waals surface area contributed by atoms with Crippen LogP contribution in [0.4, 0.5) is 4.39 Å². The molecule has 0 unspecified atom stereocenters. The molecule has 0 saturated heterocycles. The van der Waals surface area contributed by atoms with Gasteiger partial charge in [0.2, 0.25) is 5.91 Å². The summed E-state index contributed by atoms with van der Waals surface area (Å²) in [5.74, 6) is -0.456. The zero-order valence-corrected chi connectivity index (χ0v) is 22.0. The van der Waals surface area contributed by atoms with Crippen molar-refractivity contribution in [3.05, 3.63) is 95.6 Å². The van der Waals surface area contributed by atoms with Crippen LogP contribution in [0.25, 0.3) is 0 Å². The smallest absolute Gasteiger partial charge is 0.254 e. The highest BCUT2D eigenvalue weighted by atomic mass is 19.1. The Bertz CT molecular complexity index is 1150. The van der Waals surface area contributed by atoms with Crippen molar-refractivity contribution in [3.63, 3.8) is 0 Å². The van der Waals surface area contributed by atoms with Crippen LogP contribution in [0.2, 0.25) is 0 Å². The molecular weight excluding hydrogens is 465 g/mol. The molecule has 0 N–H and O–H groups in total. The second kappa shape index (κ2) is 12.7. The lowest BCUT2D eigenvalue weighted by Crippen LogP contribution is -2.48. The molecule has 2 aromatic carbocycles. The van der Waals surface area contributed by atoms with E-state index in [1.165, 1.54) is 36.2 Å². The van der Waals surface area contributed by atoms with Gasteiger partial charge < -0.3 is 14.4 Å². The van der Waals surface area contributed by atoms with Crippen molar-refractivity contribution in [1.29, 1.82) is 0 Å². The quantitative estimate of drug-likeness (QED) is 0.334. The van der Waals surface area contributed by atoms with Crippen LogP contribution in [-0.2, 0) is 17.9 Å². The summed E-state index contributed by atoms with van der Waals surface area (Å²) >= 11 is 0. The van der Waals surface area contributed by atoms with Gasteiger partial charge in [-0.25, -0.2) is 4.39 Å². The zero-order valence-electron chi connectivity index (χ0n) is 22.0. The van der Waals surface area contributed by atoms with Gasteiger partial charge in [-0.3, -0.25) is 9.59 Å². The van der Waals surface area contributed by atoms with Crippen LogP contribution in [0.1, 0.15) is 67.6 Å². The lowest BCUT2D eigenvalue weighted by molar-refractivity contribution is -0.135. The van der Waals surface area contributed by atoms with Crippen molar-refractivity contribution in [2.75, 3.05) is 13.1 Å². The number of amides is 2. The van der Waals surface area contributed by atoms with Gasteiger partial charge in [-0.15, -0.1) is 0 Å². The third-order valence-electron chi connectivity index (χ3n) is 7.08. The predicted octanol–water partition coefficient (Wildman–Crippen LogP) is 6.14. The fourth-order valence-electron chi connectivity index (χ4n) is 5.20. The molecule has 2 amide bonds. The van der Waals surface area contributed by atoms with Gasteiger partial charge in [0.1, 0.15) is 12.4 Å². The van der Waals surface area contributed by atoms with Gasteiger partial charge in [-0.05, 0) is 60.7 Å². The summed E-state index contributed by atoms with van der Waals surface area (Å²) in [7, 11) is 0. The Labute approximate surface area is 219 Å². The SMILES string of the molecule is CC(C)CN(CC(=O)N(Cc1cccn1Cc1ccccc1)C1CCCCC1)C(=O)c1ccc(F)cc1. The average molecular weight is 504 g/mol. The van der Waals surface area contributed by atoms with Gasteiger partial charge in [0.15, 0.2) is 0 Å². The molecule has 0 spiro atoms. The van der Waals surface area contributed by atoms with Gasteiger partial charge in [0.25, 0.3) is 5.91 Å². The average Bonchev–Trinajstić information content (AvgIpc) is 3.34. The Balaban J connectivity index is 1.55. The monoisotopic (exact) mass is 503 g/mol. The summed E-state index contributed by atoms with van der Waals surface area (Å²) in [5.41, 5.74) is 2.70. The standard InChI is InChI=1S/C31H38FN3O2/c1-24(2)20-34(31(37)26-15-17-27(32)18-16-26)23-30(36)35(28-12-7-4-8-13-28)22-29-14-9-19-33(29)21-25-10-5-3-6-11-25/h3,5-6,9-11,14-19,24,28H,4,7-8,12-13,20-23H2,1-2H3. The highest BCUT2D eigenvalue weighted by molar-refractivity contribution is 5.96. The number of aromatic nitrogens is 1. The van der Waals surface area contributed by atoms with Gasteiger partial charge >= 0.3 is 0 Å². The molecule has 1 aliphatic rings. The Morgan fingerprint density at radius 2 is 1.65 bits per heavy atom. The van der Waals surface area contributed by atoms with Crippen LogP contribution in [0, 0.1) is 11.7 Å². The number of carbonyl (C=O) groups excluding carboxylic acids is 2. The van der Waals surface area contributed by atoms with E-state index in [-0.39, 0.29) is 36.1 Å². The van der Waals surface area contributed by atoms with E-state index >= 15 is 0 Å². The Kier molecular flexibility index (Phi) is 9.15. The van der Waals surface area contributed by atoms with Crippen molar-refractivity contribution in [2.24, 2.45) is 5.92 Å². The van der Waals surface area contributed by atoms with Gasteiger partial charge in [-0.1, -0.05) is 63.4 Å². The molecule has 0 aliphatic heterocycles. The van der Waals surface area contributed by atoms with Crippen LogP contribution in [0.5, 0.6) is 0 Å². The van der Waals surface area contributed by atoms with Crippen molar-refractivity contribution in [3.8, 4) is 0 Å². The molecule has 0 bridgehead atoms. The maximum absolute atomic E-state index is 13.9. The molecule has 1 saturated carbocycles. The van der Waals surface area contributed by atoms with E-state index in [1.54, 1.807) is 4.90 Å². The second-order valence-corrected chi connectivity index (χ2v) is 10.5. The highest BCUT2D eigenvalue weighted by Gasteiger charge is 2.29. The number of hydrogen-bond acceptors (Lipinski definition) is 2. The molecule has 4 rings (SSSR count). The first-order chi connectivity index (χ1) is 17.9. The van der Waals surface area contributed by atoms with Gasteiger partial charge in [0.05, 0.1) is 6.54 Å². The van der Waals surface area contributed by atoms with Crippen molar-refractivity contribution < 1.29 is 14.0 Å². The third kappa shape index (κ3) is 7.31. The molecule has 196 valence electrons. The predicted molar refractivity (Wildman–Crippen MR) is 145 cm³/mol. The minimum atomic E-state index is -0.384. The normalized spacial score (nSPS) is 14.1. The number of nitrogens with zero attached hydrogens (tertiary/aromatic N) is 3. The van der Waals surface area contributed by atoms with Crippen molar-refractivity contribution in [2.45, 2.75) is 65.1 Å². The van der Waals surface area contributed by atoms with E-state index in [9.17, 15) is 14.0 Å². The van der Waals surface area contributed by atoms with E-state index in [0.29, 0.717) is 18.7 Å². The fourth-order valence-corrected chi connectivity index (χ4v) is 5.20. The number of rotatable bonds is 10. The zero-order chi connectivity index (χ0) is 26.2. The van der Waals surface area contributed by atoms with E-state index in [1.807, 2.05) is 43.0 Å². The van der Waals surface area contributed by atoms with E-state index < -0.39 is 0 Å². The summed E-state index contributed by atoms with van der Waals surface area (Å²) in [6.07, 6.45) is 7.47. The molecule has 1 aromatic heterocycles. The first kappa shape index (κ1) is 26.6.